The van der Waals surface area contributed by atoms with Crippen LogP contribution in [-0.4, -0.2) is 21.7 Å². The molecule has 1 aromatic carbocycles. The summed E-state index contributed by atoms with van der Waals surface area (Å²) in [5.41, 5.74) is 0.483. The van der Waals surface area contributed by atoms with Gasteiger partial charge in [0, 0.05) is 18.0 Å². The molecule has 1 N–H and O–H groups in total. The lowest BCUT2D eigenvalue weighted by molar-refractivity contribution is -0.0688. The summed E-state index contributed by atoms with van der Waals surface area (Å²) in [4.78, 5) is 25.8. The van der Waals surface area contributed by atoms with Crippen molar-refractivity contribution in [3.63, 3.8) is 0 Å². The summed E-state index contributed by atoms with van der Waals surface area (Å²) < 4.78 is 1.40. The molecule has 2 aromatic rings. The molecule has 4 fully saturated rings. The molecule has 6 rings (SSSR count). The first-order valence-corrected chi connectivity index (χ1v) is 10.8. The monoisotopic (exact) mass is 379 g/mol. The molecule has 1 amide bonds. The molecule has 4 saturated carbocycles. The van der Waals surface area contributed by atoms with Crippen LogP contribution in [0, 0.1) is 23.2 Å². The van der Waals surface area contributed by atoms with E-state index in [4.69, 9.17) is 0 Å². The number of fused-ring (bicyclic) bond motifs is 1. The summed E-state index contributed by atoms with van der Waals surface area (Å²) in [6.07, 6.45) is 7.95. The van der Waals surface area contributed by atoms with Crippen LogP contribution in [0.15, 0.2) is 29.1 Å². The highest BCUT2D eigenvalue weighted by Crippen LogP contribution is 2.61. The quantitative estimate of drug-likeness (QED) is 0.880. The SMILES string of the molecule is CCn1nc(C(=O)NC(C)C23CC4CC(CC(C4)C2)C3)c2ccccc2c1=O. The number of aryl methyl sites for hydroxylation is 1. The molecular weight excluding hydrogens is 350 g/mol. The first-order chi connectivity index (χ1) is 13.5. The van der Waals surface area contributed by atoms with Crippen LogP contribution in [-0.2, 0) is 6.54 Å². The maximum absolute atomic E-state index is 13.3. The minimum Gasteiger partial charge on any atom is -0.348 e. The Morgan fingerprint density at radius 1 is 1.14 bits per heavy atom. The number of carbonyl (C=O) groups is 1. The molecule has 4 aliphatic rings. The van der Waals surface area contributed by atoms with Gasteiger partial charge >= 0.3 is 0 Å². The van der Waals surface area contributed by atoms with Crippen LogP contribution in [0.4, 0.5) is 0 Å². The van der Waals surface area contributed by atoms with Crippen molar-refractivity contribution in [2.45, 2.75) is 65.0 Å². The van der Waals surface area contributed by atoms with Gasteiger partial charge in [0.2, 0.25) is 0 Å². The van der Waals surface area contributed by atoms with E-state index < -0.39 is 0 Å². The van der Waals surface area contributed by atoms with Gasteiger partial charge in [-0.3, -0.25) is 9.59 Å². The molecule has 1 unspecified atom stereocenters. The molecule has 0 spiro atoms. The van der Waals surface area contributed by atoms with Gasteiger partial charge in [-0.15, -0.1) is 0 Å². The van der Waals surface area contributed by atoms with Gasteiger partial charge in [-0.05, 0) is 81.6 Å². The molecule has 0 saturated heterocycles. The Balaban J connectivity index is 1.46. The zero-order chi connectivity index (χ0) is 19.5. The molecule has 5 heteroatoms. The second-order valence-electron chi connectivity index (χ2n) is 9.49. The Hall–Kier alpha value is -2.17. The van der Waals surface area contributed by atoms with Crippen LogP contribution < -0.4 is 10.9 Å². The summed E-state index contributed by atoms with van der Waals surface area (Å²) in [6, 6.07) is 7.44. The van der Waals surface area contributed by atoms with Crippen LogP contribution in [0.1, 0.15) is 62.9 Å². The second-order valence-corrected chi connectivity index (χ2v) is 9.49. The van der Waals surface area contributed by atoms with Gasteiger partial charge < -0.3 is 5.32 Å². The van der Waals surface area contributed by atoms with E-state index in [2.05, 4.69) is 17.3 Å². The normalized spacial score (nSPS) is 31.9. The fraction of sp³-hybridized carbons (Fsp3) is 0.609. The number of benzene rings is 1. The fourth-order valence-electron chi connectivity index (χ4n) is 6.74. The fourth-order valence-corrected chi connectivity index (χ4v) is 6.74. The van der Waals surface area contributed by atoms with Crippen molar-refractivity contribution in [2.75, 3.05) is 0 Å². The Morgan fingerprint density at radius 2 is 1.71 bits per heavy atom. The summed E-state index contributed by atoms with van der Waals surface area (Å²) in [6.45, 7) is 4.51. The first kappa shape index (κ1) is 17.9. The summed E-state index contributed by atoms with van der Waals surface area (Å²) >= 11 is 0. The van der Waals surface area contributed by atoms with E-state index in [1.807, 2.05) is 25.1 Å². The van der Waals surface area contributed by atoms with Crippen molar-refractivity contribution in [3.05, 3.63) is 40.3 Å². The van der Waals surface area contributed by atoms with Crippen molar-refractivity contribution in [2.24, 2.45) is 23.2 Å². The third-order valence-electron chi connectivity index (χ3n) is 7.73. The number of nitrogens with one attached hydrogen (secondary N) is 1. The van der Waals surface area contributed by atoms with E-state index in [0.717, 1.165) is 17.8 Å². The van der Waals surface area contributed by atoms with Crippen LogP contribution >= 0.6 is 0 Å². The van der Waals surface area contributed by atoms with Gasteiger partial charge in [-0.2, -0.15) is 5.10 Å². The predicted octanol–water partition coefficient (Wildman–Crippen LogP) is 3.75. The average molecular weight is 380 g/mol. The van der Waals surface area contributed by atoms with Gasteiger partial charge in [-0.25, -0.2) is 4.68 Å². The van der Waals surface area contributed by atoms with Crippen molar-refractivity contribution in [1.29, 1.82) is 0 Å². The van der Waals surface area contributed by atoms with E-state index in [0.29, 0.717) is 23.0 Å². The zero-order valence-corrected chi connectivity index (χ0v) is 16.8. The molecular formula is C23H29N3O2. The van der Waals surface area contributed by atoms with Gasteiger partial charge in [0.25, 0.3) is 11.5 Å². The van der Waals surface area contributed by atoms with Gasteiger partial charge in [0.15, 0.2) is 5.69 Å². The second kappa shape index (κ2) is 6.43. The highest BCUT2D eigenvalue weighted by molar-refractivity contribution is 6.04. The first-order valence-electron chi connectivity index (χ1n) is 10.8. The standard InChI is InChI=1S/C23H29N3O2/c1-3-26-22(28)19-7-5-4-6-18(19)20(25-26)21(27)24-14(2)23-11-15-8-16(12-23)10-17(9-15)13-23/h4-7,14-17H,3,8-13H2,1-2H3,(H,24,27). The van der Waals surface area contributed by atoms with Gasteiger partial charge in [-0.1, -0.05) is 18.2 Å². The third-order valence-corrected chi connectivity index (χ3v) is 7.73. The molecule has 0 aliphatic heterocycles. The summed E-state index contributed by atoms with van der Waals surface area (Å²) in [5, 5.41) is 8.92. The number of rotatable bonds is 4. The van der Waals surface area contributed by atoms with Gasteiger partial charge in [0.05, 0.1) is 5.39 Å². The Morgan fingerprint density at radius 3 is 2.29 bits per heavy atom. The van der Waals surface area contributed by atoms with Gasteiger partial charge in [0.1, 0.15) is 0 Å². The largest absolute Gasteiger partial charge is 0.348 e. The Bertz CT molecular complexity index is 958. The number of amides is 1. The van der Waals surface area contributed by atoms with Crippen LogP contribution in [0.5, 0.6) is 0 Å². The minimum absolute atomic E-state index is 0.135. The lowest BCUT2D eigenvalue weighted by atomic mass is 9.48. The van der Waals surface area contributed by atoms with Crippen LogP contribution in [0.2, 0.25) is 0 Å². The number of carbonyl (C=O) groups excluding carboxylic acids is 1. The smallest absolute Gasteiger partial charge is 0.274 e. The number of hydrogen-bond acceptors (Lipinski definition) is 3. The maximum atomic E-state index is 13.3. The molecule has 148 valence electrons. The number of aromatic nitrogens is 2. The van der Waals surface area contributed by atoms with E-state index >= 15 is 0 Å². The molecule has 4 bridgehead atoms. The highest BCUT2D eigenvalue weighted by atomic mass is 16.2. The van der Waals surface area contributed by atoms with Crippen molar-refractivity contribution < 1.29 is 4.79 Å². The maximum Gasteiger partial charge on any atom is 0.274 e. The minimum atomic E-state index is -0.151. The average Bonchev–Trinajstić information content (AvgIpc) is 2.67. The molecule has 5 nitrogen and oxygen atoms in total. The Kier molecular flexibility index (Phi) is 4.11. The van der Waals surface area contributed by atoms with Crippen LogP contribution in [0.3, 0.4) is 0 Å². The predicted molar refractivity (Wildman–Crippen MR) is 109 cm³/mol. The van der Waals surface area contributed by atoms with Crippen LogP contribution in [0.25, 0.3) is 10.8 Å². The summed E-state index contributed by atoms with van der Waals surface area (Å²) in [7, 11) is 0. The van der Waals surface area contributed by atoms with E-state index in [1.165, 1.54) is 43.2 Å². The third kappa shape index (κ3) is 2.70. The molecule has 0 radical (unpaired) electrons. The topological polar surface area (TPSA) is 64.0 Å². The molecule has 28 heavy (non-hydrogen) atoms. The van der Waals surface area contributed by atoms with E-state index in [9.17, 15) is 9.59 Å². The molecule has 4 aliphatic carbocycles. The van der Waals surface area contributed by atoms with Crippen molar-refractivity contribution in [3.8, 4) is 0 Å². The molecule has 1 heterocycles. The van der Waals surface area contributed by atoms with Crippen molar-refractivity contribution >= 4 is 16.7 Å². The Labute approximate surface area is 165 Å². The molecule has 1 atom stereocenters. The lowest BCUT2D eigenvalue weighted by Crippen LogP contribution is -2.56. The van der Waals surface area contributed by atoms with E-state index in [-0.39, 0.29) is 22.9 Å². The van der Waals surface area contributed by atoms with Crippen molar-refractivity contribution in [1.82, 2.24) is 15.1 Å². The highest BCUT2D eigenvalue weighted by Gasteiger charge is 2.53. The number of nitrogens with zero attached hydrogens (tertiary/aromatic N) is 2. The summed E-state index contributed by atoms with van der Waals surface area (Å²) in [5.74, 6) is 2.41. The molecule has 1 aromatic heterocycles. The zero-order valence-electron chi connectivity index (χ0n) is 16.8. The van der Waals surface area contributed by atoms with E-state index in [1.54, 1.807) is 6.07 Å². The lowest BCUT2D eigenvalue weighted by Gasteiger charge is -2.59. The number of hydrogen-bond donors (Lipinski definition) is 1.